The van der Waals surface area contributed by atoms with Gasteiger partial charge < -0.3 is 25.4 Å². The van der Waals surface area contributed by atoms with E-state index in [0.29, 0.717) is 29.4 Å². The molecule has 32 heavy (non-hydrogen) atoms. The summed E-state index contributed by atoms with van der Waals surface area (Å²) in [6.07, 6.45) is -0.224. The summed E-state index contributed by atoms with van der Waals surface area (Å²) in [6, 6.07) is 12.9. The van der Waals surface area contributed by atoms with Crippen molar-refractivity contribution in [3.05, 3.63) is 60.2 Å². The second-order valence-corrected chi connectivity index (χ2v) is 8.42. The second kappa shape index (κ2) is 7.49. The number of benzene rings is 2. The fourth-order valence-electron chi connectivity index (χ4n) is 5.01. The first kappa shape index (κ1) is 19.6. The number of fused-ring (bicyclic) bond motifs is 1. The van der Waals surface area contributed by atoms with E-state index in [1.807, 2.05) is 0 Å². The molecule has 0 bridgehead atoms. The molecule has 0 amide bonds. The number of imidazole rings is 1. The minimum Gasteiger partial charge on any atom is -0.394 e. The van der Waals surface area contributed by atoms with Gasteiger partial charge in [-0.25, -0.2) is 15.0 Å². The van der Waals surface area contributed by atoms with Crippen molar-refractivity contribution in [3.63, 3.8) is 0 Å². The van der Waals surface area contributed by atoms with Crippen molar-refractivity contribution in [3.8, 4) is 0 Å². The van der Waals surface area contributed by atoms with Crippen LogP contribution in [0.5, 0.6) is 0 Å². The molecule has 6 rings (SSSR count). The molecule has 4 N–H and O–H groups in total. The highest BCUT2D eigenvalue weighted by Crippen LogP contribution is 2.38. The van der Waals surface area contributed by atoms with Crippen molar-refractivity contribution in [2.75, 3.05) is 18.5 Å². The van der Waals surface area contributed by atoms with E-state index in [1.54, 1.807) is 4.57 Å². The van der Waals surface area contributed by atoms with Gasteiger partial charge in [-0.2, -0.15) is 0 Å². The first-order valence-electron chi connectivity index (χ1n) is 10.7. The highest BCUT2D eigenvalue weighted by Gasteiger charge is 2.44. The molecule has 1 fully saturated rings. The van der Waals surface area contributed by atoms with Crippen molar-refractivity contribution < 1.29 is 20.1 Å². The zero-order valence-electron chi connectivity index (χ0n) is 17.2. The molecule has 0 spiro atoms. The summed E-state index contributed by atoms with van der Waals surface area (Å²) in [5, 5.41) is 35.9. The highest BCUT2D eigenvalue weighted by atomic mass is 16.6. The number of aromatic nitrogens is 4. The van der Waals surface area contributed by atoms with E-state index in [2.05, 4.69) is 56.7 Å². The van der Waals surface area contributed by atoms with Crippen LogP contribution < -0.4 is 5.32 Å². The van der Waals surface area contributed by atoms with Crippen LogP contribution >= 0.6 is 0 Å². The molecule has 1 saturated heterocycles. The molecule has 2 aromatic carbocycles. The zero-order chi connectivity index (χ0) is 21.8. The van der Waals surface area contributed by atoms with Crippen LogP contribution in [0.25, 0.3) is 21.9 Å². The Balaban J connectivity index is 1.27. The number of hydrogen-bond donors (Lipinski definition) is 4. The van der Waals surface area contributed by atoms with Crippen LogP contribution in [0.4, 0.5) is 5.82 Å². The SMILES string of the molecule is OC[C@H]1O[C@@H](n2cnc3c(NCC4Cc5cccc6cccc4c56)ncnc32)C(O)C1O. The third kappa shape index (κ3) is 2.90. The summed E-state index contributed by atoms with van der Waals surface area (Å²) in [5.74, 6) is 0.923. The smallest absolute Gasteiger partial charge is 0.167 e. The molecular formula is C23H23N5O4. The van der Waals surface area contributed by atoms with Gasteiger partial charge in [0.15, 0.2) is 23.2 Å². The molecule has 1 aliphatic heterocycles. The number of hydrogen-bond acceptors (Lipinski definition) is 8. The molecule has 0 saturated carbocycles. The predicted octanol–water partition coefficient (Wildman–Crippen LogP) is 1.34. The summed E-state index contributed by atoms with van der Waals surface area (Å²) in [5.41, 5.74) is 3.74. The minimum atomic E-state index is -1.20. The Morgan fingerprint density at radius 3 is 2.72 bits per heavy atom. The Bertz CT molecular complexity index is 1300. The van der Waals surface area contributed by atoms with Crippen LogP contribution in [0.1, 0.15) is 23.3 Å². The lowest BCUT2D eigenvalue weighted by atomic mass is 10.00. The van der Waals surface area contributed by atoms with Gasteiger partial charge in [-0.1, -0.05) is 36.4 Å². The third-order valence-corrected chi connectivity index (χ3v) is 6.60. The molecule has 5 atom stereocenters. The highest BCUT2D eigenvalue weighted by molar-refractivity contribution is 5.91. The molecule has 9 heteroatoms. The average Bonchev–Trinajstić information content (AvgIpc) is 3.49. The summed E-state index contributed by atoms with van der Waals surface area (Å²) >= 11 is 0. The van der Waals surface area contributed by atoms with E-state index in [0.717, 1.165) is 6.42 Å². The second-order valence-electron chi connectivity index (χ2n) is 8.42. The van der Waals surface area contributed by atoms with Crippen molar-refractivity contribution in [1.29, 1.82) is 0 Å². The normalized spacial score (nSPS) is 26.9. The number of anilines is 1. The molecule has 3 heterocycles. The number of ether oxygens (including phenoxy) is 1. The van der Waals surface area contributed by atoms with Crippen molar-refractivity contribution in [2.24, 2.45) is 0 Å². The van der Waals surface area contributed by atoms with Gasteiger partial charge in [0.2, 0.25) is 0 Å². The maximum atomic E-state index is 10.4. The van der Waals surface area contributed by atoms with Gasteiger partial charge in [-0.15, -0.1) is 0 Å². The van der Waals surface area contributed by atoms with Crippen LogP contribution in [0, 0.1) is 0 Å². The summed E-state index contributed by atoms with van der Waals surface area (Å²) in [6.45, 7) is 0.306. The maximum Gasteiger partial charge on any atom is 0.167 e. The molecular weight excluding hydrogens is 410 g/mol. The third-order valence-electron chi connectivity index (χ3n) is 6.60. The van der Waals surface area contributed by atoms with E-state index < -0.39 is 24.5 Å². The van der Waals surface area contributed by atoms with Gasteiger partial charge >= 0.3 is 0 Å². The zero-order valence-corrected chi connectivity index (χ0v) is 17.2. The predicted molar refractivity (Wildman–Crippen MR) is 117 cm³/mol. The van der Waals surface area contributed by atoms with Gasteiger partial charge in [0.1, 0.15) is 24.6 Å². The van der Waals surface area contributed by atoms with Crippen LogP contribution in [0.15, 0.2) is 49.1 Å². The standard InChI is InChI=1S/C23H23N5O4/c29-9-16-19(30)20(31)23(32-16)28-11-27-18-21(25-10-26-22(18)28)24-8-14-7-13-5-1-3-12-4-2-6-15(14)17(12)13/h1-6,10-11,14,16,19-20,23,29-31H,7-9H2,(H,24,25,26)/t14?,16-,19?,20?,23-/m1/s1. The first-order chi connectivity index (χ1) is 15.7. The van der Waals surface area contributed by atoms with Crippen LogP contribution in [0.2, 0.25) is 0 Å². The maximum absolute atomic E-state index is 10.4. The number of aliphatic hydroxyl groups is 3. The molecule has 2 aromatic heterocycles. The van der Waals surface area contributed by atoms with E-state index in [4.69, 9.17) is 4.74 Å². The Kier molecular flexibility index (Phi) is 4.58. The summed E-state index contributed by atoms with van der Waals surface area (Å²) in [7, 11) is 0. The Morgan fingerprint density at radius 1 is 1.06 bits per heavy atom. The number of aliphatic hydroxyl groups excluding tert-OH is 3. The Morgan fingerprint density at radius 2 is 1.91 bits per heavy atom. The van der Waals surface area contributed by atoms with E-state index in [1.165, 1.54) is 34.6 Å². The Labute approximate surface area is 183 Å². The van der Waals surface area contributed by atoms with Gasteiger partial charge in [-0.3, -0.25) is 4.57 Å². The number of nitrogens with zero attached hydrogens (tertiary/aromatic N) is 4. The quantitative estimate of drug-likeness (QED) is 0.372. The number of nitrogens with one attached hydrogen (secondary N) is 1. The monoisotopic (exact) mass is 433 g/mol. The van der Waals surface area contributed by atoms with Crippen molar-refractivity contribution in [1.82, 2.24) is 19.5 Å². The average molecular weight is 433 g/mol. The van der Waals surface area contributed by atoms with E-state index in [-0.39, 0.29) is 6.61 Å². The number of rotatable bonds is 5. The summed E-state index contributed by atoms with van der Waals surface area (Å²) < 4.78 is 7.20. The lowest BCUT2D eigenvalue weighted by molar-refractivity contribution is -0.0511. The lowest BCUT2D eigenvalue weighted by Crippen LogP contribution is -2.33. The van der Waals surface area contributed by atoms with Gasteiger partial charge in [0.05, 0.1) is 12.9 Å². The van der Waals surface area contributed by atoms with Crippen LogP contribution in [-0.4, -0.2) is 66.3 Å². The van der Waals surface area contributed by atoms with Crippen LogP contribution in [0.3, 0.4) is 0 Å². The van der Waals surface area contributed by atoms with Crippen molar-refractivity contribution >= 4 is 27.8 Å². The minimum absolute atomic E-state index is 0.323. The molecule has 0 radical (unpaired) electrons. The molecule has 2 aliphatic rings. The Hall–Kier alpha value is -3.11. The topological polar surface area (TPSA) is 126 Å². The molecule has 9 nitrogen and oxygen atoms in total. The van der Waals surface area contributed by atoms with Gasteiger partial charge in [0.25, 0.3) is 0 Å². The summed E-state index contributed by atoms with van der Waals surface area (Å²) in [4.78, 5) is 13.1. The first-order valence-corrected chi connectivity index (χ1v) is 10.7. The van der Waals surface area contributed by atoms with Gasteiger partial charge in [-0.05, 0) is 28.3 Å². The molecule has 1 aliphatic carbocycles. The van der Waals surface area contributed by atoms with Gasteiger partial charge in [0, 0.05) is 12.5 Å². The van der Waals surface area contributed by atoms with Crippen LogP contribution in [-0.2, 0) is 11.2 Å². The lowest BCUT2D eigenvalue weighted by Gasteiger charge is -2.17. The van der Waals surface area contributed by atoms with E-state index >= 15 is 0 Å². The molecule has 4 aromatic rings. The molecule has 164 valence electrons. The van der Waals surface area contributed by atoms with Crippen molar-refractivity contribution in [2.45, 2.75) is 36.9 Å². The van der Waals surface area contributed by atoms with E-state index in [9.17, 15) is 15.3 Å². The largest absolute Gasteiger partial charge is 0.394 e. The molecule has 3 unspecified atom stereocenters. The fourth-order valence-corrected chi connectivity index (χ4v) is 5.01. The fraction of sp³-hybridized carbons (Fsp3) is 0.348.